The molecule has 2 aliphatic heterocycles. The molecule has 8 nitrogen and oxygen atoms in total. The fourth-order valence-corrected chi connectivity index (χ4v) is 5.29. The van der Waals surface area contributed by atoms with Crippen molar-refractivity contribution in [3.05, 3.63) is 42.5 Å². The molecular weight excluding hydrogens is 378 g/mol. The Hall–Kier alpha value is -2.14. The molecule has 4 rings (SSSR count). The maximum Gasteiger partial charge on any atom is 0.244 e. The average Bonchev–Trinajstić information content (AvgIpc) is 3.02. The van der Waals surface area contributed by atoms with E-state index in [1.165, 1.54) is 24.3 Å². The third-order valence-corrected chi connectivity index (χ3v) is 6.84. The molecule has 1 fully saturated rings. The second-order valence-corrected chi connectivity index (χ2v) is 9.47. The van der Waals surface area contributed by atoms with Crippen LogP contribution in [0.3, 0.4) is 0 Å². The Kier molecular flexibility index (Phi) is 3.95. The van der Waals surface area contributed by atoms with Gasteiger partial charge < -0.3 is 9.64 Å². The van der Waals surface area contributed by atoms with Crippen LogP contribution >= 0.6 is 0 Å². The maximum atomic E-state index is 12.5. The Bertz CT molecular complexity index is 1080. The van der Waals surface area contributed by atoms with E-state index in [1.807, 2.05) is 4.90 Å². The molecule has 138 valence electrons. The van der Waals surface area contributed by atoms with Crippen LogP contribution in [0.4, 0.5) is 5.69 Å². The van der Waals surface area contributed by atoms with Crippen molar-refractivity contribution in [1.82, 2.24) is 4.72 Å². The Morgan fingerprint density at radius 2 is 1.92 bits per heavy atom. The predicted molar refractivity (Wildman–Crippen MR) is 95.0 cm³/mol. The third-order valence-electron chi connectivity index (χ3n) is 4.44. The van der Waals surface area contributed by atoms with Gasteiger partial charge in [0.2, 0.25) is 20.0 Å². The van der Waals surface area contributed by atoms with Gasteiger partial charge in [0.15, 0.2) is 0 Å². The summed E-state index contributed by atoms with van der Waals surface area (Å²) in [6, 6.07) is 10.5. The number of benzene rings is 2. The number of sulfonamides is 2. The molecule has 1 atom stereocenters. The van der Waals surface area contributed by atoms with Crippen LogP contribution in [0.5, 0.6) is 11.5 Å². The van der Waals surface area contributed by atoms with Crippen LogP contribution in [0.2, 0.25) is 0 Å². The van der Waals surface area contributed by atoms with Crippen LogP contribution in [-0.4, -0.2) is 29.5 Å². The second-order valence-electron chi connectivity index (χ2n) is 6.22. The van der Waals surface area contributed by atoms with Crippen molar-refractivity contribution >= 4 is 25.7 Å². The highest BCUT2D eigenvalue weighted by Crippen LogP contribution is 2.38. The van der Waals surface area contributed by atoms with Gasteiger partial charge >= 0.3 is 0 Å². The zero-order chi connectivity index (χ0) is 18.5. The molecule has 0 aliphatic carbocycles. The molecule has 0 saturated carbocycles. The summed E-state index contributed by atoms with van der Waals surface area (Å²) in [7, 11) is -7.48. The molecule has 1 unspecified atom stereocenters. The van der Waals surface area contributed by atoms with Gasteiger partial charge in [-0.25, -0.2) is 22.0 Å². The lowest BCUT2D eigenvalue weighted by molar-refractivity contribution is 0.477. The Morgan fingerprint density at radius 1 is 1.15 bits per heavy atom. The van der Waals surface area contributed by atoms with Crippen LogP contribution in [0.15, 0.2) is 52.3 Å². The van der Waals surface area contributed by atoms with Gasteiger partial charge in [0.25, 0.3) is 0 Å². The van der Waals surface area contributed by atoms with Crippen LogP contribution in [0.25, 0.3) is 0 Å². The first-order chi connectivity index (χ1) is 12.2. The van der Waals surface area contributed by atoms with Crippen molar-refractivity contribution < 1.29 is 21.6 Å². The number of nitrogens with two attached hydrogens (primary N) is 1. The van der Waals surface area contributed by atoms with Gasteiger partial charge in [-0.3, -0.25) is 0 Å². The summed E-state index contributed by atoms with van der Waals surface area (Å²) >= 11 is 0. The normalized spacial score (nSPS) is 21.1. The number of hydrogen-bond donors (Lipinski definition) is 2. The average molecular weight is 395 g/mol. The number of nitrogens with zero attached hydrogens (tertiary/aromatic N) is 1. The van der Waals surface area contributed by atoms with E-state index in [0.717, 1.165) is 19.4 Å². The number of anilines is 1. The number of ether oxygens (including phenoxy) is 1. The first kappa shape index (κ1) is 17.3. The lowest BCUT2D eigenvalue weighted by Gasteiger charge is -2.33. The lowest BCUT2D eigenvalue weighted by atomic mass is 10.2. The van der Waals surface area contributed by atoms with Crippen LogP contribution in [0.1, 0.15) is 12.8 Å². The third kappa shape index (κ3) is 3.05. The maximum absolute atomic E-state index is 12.5. The van der Waals surface area contributed by atoms with E-state index >= 15 is 0 Å². The summed E-state index contributed by atoms with van der Waals surface area (Å²) < 4.78 is 56.3. The van der Waals surface area contributed by atoms with Gasteiger partial charge in [0.05, 0.1) is 16.7 Å². The highest BCUT2D eigenvalue weighted by molar-refractivity contribution is 7.89. The van der Waals surface area contributed by atoms with Crippen molar-refractivity contribution in [3.63, 3.8) is 0 Å². The minimum Gasteiger partial charge on any atom is -0.457 e. The summed E-state index contributed by atoms with van der Waals surface area (Å²) in [6.45, 7) is 0.788. The van der Waals surface area contributed by atoms with E-state index in [9.17, 15) is 16.8 Å². The van der Waals surface area contributed by atoms with E-state index in [-0.39, 0.29) is 21.7 Å². The van der Waals surface area contributed by atoms with Gasteiger partial charge in [0.1, 0.15) is 16.4 Å². The predicted octanol–water partition coefficient (Wildman–Crippen LogP) is 1.34. The quantitative estimate of drug-likeness (QED) is 0.810. The molecule has 1 saturated heterocycles. The molecule has 0 radical (unpaired) electrons. The summed E-state index contributed by atoms with van der Waals surface area (Å²) in [4.78, 5) is 2.10. The number of primary sulfonamides is 1. The minimum absolute atomic E-state index is 0.0813. The van der Waals surface area contributed by atoms with E-state index in [1.54, 1.807) is 18.2 Å². The lowest BCUT2D eigenvalue weighted by Crippen LogP contribution is -2.48. The summed E-state index contributed by atoms with van der Waals surface area (Å²) in [5.41, 5.74) is 0.650. The monoisotopic (exact) mass is 395 g/mol. The molecule has 2 aromatic carbocycles. The van der Waals surface area contributed by atoms with Crippen molar-refractivity contribution in [1.29, 1.82) is 0 Å². The zero-order valence-electron chi connectivity index (χ0n) is 13.6. The van der Waals surface area contributed by atoms with Crippen molar-refractivity contribution in [2.24, 2.45) is 5.14 Å². The SMILES string of the molecule is NS(=O)(=O)c1cccc(Oc2ccc3c(c2)S(=O)(=O)NC2CCCN32)c1. The highest BCUT2D eigenvalue weighted by atomic mass is 32.2. The molecule has 26 heavy (non-hydrogen) atoms. The molecular formula is C16H17N3O5S2. The van der Waals surface area contributed by atoms with Crippen molar-refractivity contribution in [2.45, 2.75) is 28.8 Å². The van der Waals surface area contributed by atoms with Crippen LogP contribution in [-0.2, 0) is 20.0 Å². The molecule has 3 N–H and O–H groups in total. The molecule has 2 heterocycles. The fourth-order valence-electron chi connectivity index (χ4n) is 3.28. The van der Waals surface area contributed by atoms with Crippen LogP contribution in [0, 0.1) is 0 Å². The molecule has 0 amide bonds. The van der Waals surface area contributed by atoms with E-state index in [0.29, 0.717) is 11.4 Å². The van der Waals surface area contributed by atoms with Gasteiger partial charge in [-0.05, 0) is 37.1 Å². The highest BCUT2D eigenvalue weighted by Gasteiger charge is 2.37. The Balaban J connectivity index is 1.70. The Morgan fingerprint density at radius 3 is 2.69 bits per heavy atom. The smallest absolute Gasteiger partial charge is 0.244 e. The molecule has 0 bridgehead atoms. The van der Waals surface area contributed by atoms with Gasteiger partial charge in [-0.2, -0.15) is 4.72 Å². The Labute approximate surface area is 151 Å². The largest absolute Gasteiger partial charge is 0.457 e. The minimum atomic E-state index is -3.85. The molecule has 2 aliphatic rings. The number of fused-ring (bicyclic) bond motifs is 3. The molecule has 0 aromatic heterocycles. The van der Waals surface area contributed by atoms with Crippen LogP contribution < -0.4 is 19.5 Å². The van der Waals surface area contributed by atoms with Gasteiger partial charge in [0, 0.05) is 18.7 Å². The molecule has 10 heteroatoms. The number of nitrogens with one attached hydrogen (secondary N) is 1. The van der Waals surface area contributed by atoms with Gasteiger partial charge in [-0.1, -0.05) is 6.07 Å². The van der Waals surface area contributed by atoms with Crippen molar-refractivity contribution in [3.8, 4) is 11.5 Å². The first-order valence-electron chi connectivity index (χ1n) is 7.98. The van der Waals surface area contributed by atoms with Crippen molar-refractivity contribution in [2.75, 3.05) is 11.4 Å². The number of rotatable bonds is 3. The van der Waals surface area contributed by atoms with E-state index in [2.05, 4.69) is 4.72 Å². The fraction of sp³-hybridized carbons (Fsp3) is 0.250. The van der Waals surface area contributed by atoms with E-state index in [4.69, 9.17) is 9.88 Å². The topological polar surface area (TPSA) is 119 Å². The van der Waals surface area contributed by atoms with E-state index < -0.39 is 20.0 Å². The first-order valence-corrected chi connectivity index (χ1v) is 11.0. The summed E-state index contributed by atoms with van der Waals surface area (Å²) in [6.07, 6.45) is 1.49. The standard InChI is InChI=1S/C16H17N3O5S2/c17-25(20,21)13-4-1-3-11(9-13)24-12-6-7-14-15(10-12)26(22,23)18-16-5-2-8-19(14)16/h1,3-4,6-7,9-10,16,18H,2,5,8H2,(H2,17,20,21). The second kappa shape index (κ2) is 5.95. The summed E-state index contributed by atoms with van der Waals surface area (Å²) in [5.74, 6) is 0.537. The number of hydrogen-bond acceptors (Lipinski definition) is 6. The zero-order valence-corrected chi connectivity index (χ0v) is 15.3. The molecule has 2 aromatic rings. The van der Waals surface area contributed by atoms with Gasteiger partial charge in [-0.15, -0.1) is 0 Å². The molecule has 0 spiro atoms. The summed E-state index contributed by atoms with van der Waals surface area (Å²) in [5, 5.41) is 5.12.